The molecule has 0 saturated carbocycles. The number of hydrogen-bond donors (Lipinski definition) is 2. The minimum Gasteiger partial charge on any atom is -0.496 e. The van der Waals surface area contributed by atoms with Crippen molar-refractivity contribution in [2.75, 3.05) is 14.2 Å². The van der Waals surface area contributed by atoms with Crippen molar-refractivity contribution in [3.05, 3.63) is 64.1 Å². The van der Waals surface area contributed by atoms with Gasteiger partial charge in [-0.2, -0.15) is 0 Å². The molecule has 138 valence electrons. The van der Waals surface area contributed by atoms with E-state index in [4.69, 9.17) is 4.74 Å². The average Bonchev–Trinajstić information content (AvgIpc) is 3.17. The fourth-order valence-electron chi connectivity index (χ4n) is 3.29. The first-order valence-corrected chi connectivity index (χ1v) is 9.46. The standard InChI is InChI=1S/C20H24BrN3O2/c1-13(16-6-4-5-7-19(16)26-3)24(2)20(25)18-12-17(22-23-18)14-8-10-15(21)11-9-14/h4-11,13,17-18,22-23H,12H2,1-3H3. The second-order valence-corrected chi connectivity index (χ2v) is 7.46. The molecule has 1 fully saturated rings. The van der Waals surface area contributed by atoms with Gasteiger partial charge in [-0.25, -0.2) is 10.9 Å². The minimum atomic E-state index is -0.259. The summed E-state index contributed by atoms with van der Waals surface area (Å²) < 4.78 is 6.48. The summed E-state index contributed by atoms with van der Waals surface area (Å²) in [7, 11) is 3.49. The van der Waals surface area contributed by atoms with Gasteiger partial charge < -0.3 is 9.64 Å². The number of nitrogens with one attached hydrogen (secondary N) is 2. The molecular weight excluding hydrogens is 394 g/mol. The van der Waals surface area contributed by atoms with Gasteiger partial charge in [-0.1, -0.05) is 46.3 Å². The molecule has 5 nitrogen and oxygen atoms in total. The van der Waals surface area contributed by atoms with Crippen LogP contribution in [0.1, 0.15) is 36.6 Å². The van der Waals surface area contributed by atoms with Crippen LogP contribution >= 0.6 is 15.9 Å². The number of hydrogen-bond acceptors (Lipinski definition) is 4. The molecule has 0 spiro atoms. The molecule has 0 aromatic heterocycles. The summed E-state index contributed by atoms with van der Waals surface area (Å²) in [5, 5.41) is 0. The van der Waals surface area contributed by atoms with E-state index in [-0.39, 0.29) is 24.0 Å². The van der Waals surface area contributed by atoms with Crippen LogP contribution in [0.4, 0.5) is 0 Å². The van der Waals surface area contributed by atoms with Crippen molar-refractivity contribution in [3.63, 3.8) is 0 Å². The number of benzene rings is 2. The number of nitrogens with zero attached hydrogens (tertiary/aromatic N) is 1. The number of para-hydroxylation sites is 1. The van der Waals surface area contributed by atoms with Crippen LogP contribution in [0.5, 0.6) is 5.75 Å². The van der Waals surface area contributed by atoms with Gasteiger partial charge in [0, 0.05) is 23.1 Å². The molecule has 2 N–H and O–H groups in total. The quantitative estimate of drug-likeness (QED) is 0.780. The number of likely N-dealkylation sites (N-methyl/N-ethyl adjacent to an activating group) is 1. The monoisotopic (exact) mass is 417 g/mol. The predicted molar refractivity (Wildman–Crippen MR) is 106 cm³/mol. The largest absolute Gasteiger partial charge is 0.496 e. The van der Waals surface area contributed by atoms with Crippen molar-refractivity contribution in [2.45, 2.75) is 31.5 Å². The van der Waals surface area contributed by atoms with Crippen molar-refractivity contribution < 1.29 is 9.53 Å². The number of methoxy groups -OCH3 is 1. The normalized spacial score (nSPS) is 20.6. The van der Waals surface area contributed by atoms with Gasteiger partial charge in [0.25, 0.3) is 0 Å². The topological polar surface area (TPSA) is 53.6 Å². The van der Waals surface area contributed by atoms with Gasteiger partial charge in [0.05, 0.1) is 13.2 Å². The summed E-state index contributed by atoms with van der Waals surface area (Å²) >= 11 is 3.45. The Hall–Kier alpha value is -1.89. The summed E-state index contributed by atoms with van der Waals surface area (Å²) in [6.45, 7) is 2.02. The minimum absolute atomic E-state index is 0.0653. The first kappa shape index (κ1) is 18.9. The molecule has 0 radical (unpaired) electrons. The molecular formula is C20H24BrN3O2. The molecule has 0 bridgehead atoms. The van der Waals surface area contributed by atoms with Gasteiger partial charge in [-0.15, -0.1) is 0 Å². The number of carbonyl (C=O) groups is 1. The highest BCUT2D eigenvalue weighted by Crippen LogP contribution is 2.30. The highest BCUT2D eigenvalue weighted by Gasteiger charge is 2.33. The molecule has 1 aliphatic heterocycles. The van der Waals surface area contributed by atoms with Gasteiger partial charge >= 0.3 is 0 Å². The molecule has 1 amide bonds. The zero-order valence-corrected chi connectivity index (χ0v) is 16.8. The Labute approximate surface area is 162 Å². The molecule has 6 heteroatoms. The zero-order chi connectivity index (χ0) is 18.7. The van der Waals surface area contributed by atoms with Crippen LogP contribution in [-0.2, 0) is 4.79 Å². The van der Waals surface area contributed by atoms with Gasteiger partial charge in [-0.3, -0.25) is 4.79 Å². The first-order chi connectivity index (χ1) is 12.5. The average molecular weight is 418 g/mol. The Morgan fingerprint density at radius 2 is 1.88 bits per heavy atom. The van der Waals surface area contributed by atoms with Gasteiger partial charge in [0.1, 0.15) is 11.8 Å². The van der Waals surface area contributed by atoms with E-state index in [2.05, 4.69) is 38.9 Å². The van der Waals surface area contributed by atoms with Gasteiger partial charge in [0.2, 0.25) is 5.91 Å². The molecule has 1 saturated heterocycles. The predicted octanol–water partition coefficient (Wildman–Crippen LogP) is 3.58. The highest BCUT2D eigenvalue weighted by atomic mass is 79.9. The van der Waals surface area contributed by atoms with Crippen LogP contribution < -0.4 is 15.6 Å². The van der Waals surface area contributed by atoms with Crippen LogP contribution in [0.2, 0.25) is 0 Å². The summed E-state index contributed by atoms with van der Waals surface area (Å²) in [6.07, 6.45) is 0.712. The lowest BCUT2D eigenvalue weighted by atomic mass is 10.0. The van der Waals surface area contributed by atoms with Crippen LogP contribution in [-0.4, -0.2) is 31.0 Å². The van der Waals surface area contributed by atoms with E-state index in [9.17, 15) is 4.79 Å². The summed E-state index contributed by atoms with van der Waals surface area (Å²) in [5.74, 6) is 0.861. The Balaban J connectivity index is 1.68. The lowest BCUT2D eigenvalue weighted by Gasteiger charge is -2.28. The number of amides is 1. The number of hydrazine groups is 1. The third-order valence-electron chi connectivity index (χ3n) is 4.99. The van der Waals surface area contributed by atoms with E-state index >= 15 is 0 Å². The van der Waals surface area contributed by atoms with Crippen LogP contribution in [0.15, 0.2) is 53.0 Å². The molecule has 3 atom stereocenters. The van der Waals surface area contributed by atoms with E-state index in [1.165, 1.54) is 0 Å². The Morgan fingerprint density at radius 1 is 1.19 bits per heavy atom. The van der Waals surface area contributed by atoms with Crippen LogP contribution in [0.3, 0.4) is 0 Å². The molecule has 3 unspecified atom stereocenters. The molecule has 26 heavy (non-hydrogen) atoms. The molecule has 3 rings (SSSR count). The maximum atomic E-state index is 13.0. The Bertz CT molecular complexity index is 766. The molecule has 1 heterocycles. The first-order valence-electron chi connectivity index (χ1n) is 8.67. The van der Waals surface area contributed by atoms with Crippen molar-refractivity contribution in [2.24, 2.45) is 0 Å². The highest BCUT2D eigenvalue weighted by molar-refractivity contribution is 9.10. The van der Waals surface area contributed by atoms with Crippen molar-refractivity contribution >= 4 is 21.8 Å². The van der Waals surface area contributed by atoms with Crippen LogP contribution in [0.25, 0.3) is 0 Å². The summed E-state index contributed by atoms with van der Waals surface area (Å²) in [5.41, 5.74) is 8.56. The van der Waals surface area contributed by atoms with Gasteiger partial charge in [-0.05, 0) is 37.1 Å². The Morgan fingerprint density at radius 3 is 2.58 bits per heavy atom. The van der Waals surface area contributed by atoms with E-state index in [1.807, 2.05) is 50.4 Å². The van der Waals surface area contributed by atoms with E-state index in [0.29, 0.717) is 6.42 Å². The number of ether oxygens (including phenoxy) is 1. The van der Waals surface area contributed by atoms with Crippen molar-refractivity contribution in [3.8, 4) is 5.75 Å². The lowest BCUT2D eigenvalue weighted by molar-refractivity contribution is -0.133. The lowest BCUT2D eigenvalue weighted by Crippen LogP contribution is -2.44. The third-order valence-corrected chi connectivity index (χ3v) is 5.52. The molecule has 2 aromatic carbocycles. The summed E-state index contributed by atoms with van der Waals surface area (Å²) in [4.78, 5) is 14.7. The van der Waals surface area contributed by atoms with E-state index < -0.39 is 0 Å². The molecule has 0 aliphatic carbocycles. The maximum absolute atomic E-state index is 13.0. The fourth-order valence-corrected chi connectivity index (χ4v) is 3.55. The van der Waals surface area contributed by atoms with E-state index in [1.54, 1.807) is 12.0 Å². The Kier molecular flexibility index (Phi) is 5.96. The third kappa shape index (κ3) is 3.92. The zero-order valence-electron chi connectivity index (χ0n) is 15.2. The SMILES string of the molecule is COc1ccccc1C(C)N(C)C(=O)C1CC(c2ccc(Br)cc2)NN1. The summed E-state index contributed by atoms with van der Waals surface area (Å²) in [6, 6.07) is 15.8. The number of halogens is 1. The molecule has 1 aliphatic rings. The number of rotatable bonds is 5. The number of carbonyl (C=O) groups excluding carboxylic acids is 1. The second-order valence-electron chi connectivity index (χ2n) is 6.55. The van der Waals surface area contributed by atoms with Crippen LogP contribution in [0, 0.1) is 0 Å². The smallest absolute Gasteiger partial charge is 0.241 e. The maximum Gasteiger partial charge on any atom is 0.241 e. The van der Waals surface area contributed by atoms with Crippen molar-refractivity contribution in [1.82, 2.24) is 15.8 Å². The van der Waals surface area contributed by atoms with E-state index in [0.717, 1.165) is 21.3 Å². The fraction of sp³-hybridized carbons (Fsp3) is 0.350. The van der Waals surface area contributed by atoms with Crippen molar-refractivity contribution in [1.29, 1.82) is 0 Å². The van der Waals surface area contributed by atoms with Gasteiger partial charge in [0.15, 0.2) is 0 Å². The second kappa shape index (κ2) is 8.20. The molecule has 2 aromatic rings.